The van der Waals surface area contributed by atoms with Crippen LogP contribution in [-0.2, 0) is 0 Å². The predicted octanol–water partition coefficient (Wildman–Crippen LogP) is 2.86. The van der Waals surface area contributed by atoms with Crippen LogP contribution in [0.25, 0.3) is 0 Å². The molecule has 2 heterocycles. The molecule has 1 aliphatic heterocycles. The van der Waals surface area contributed by atoms with Crippen LogP contribution in [0.3, 0.4) is 0 Å². The van der Waals surface area contributed by atoms with Crippen molar-refractivity contribution in [2.24, 2.45) is 0 Å². The Bertz CT molecular complexity index is 628. The molecule has 0 bridgehead atoms. The molecule has 2 aromatic rings. The lowest BCUT2D eigenvalue weighted by Crippen LogP contribution is -2.23. The lowest BCUT2D eigenvalue weighted by Gasteiger charge is -2.23. The zero-order chi connectivity index (χ0) is 14.7. The Morgan fingerprint density at radius 3 is 2.76 bits per heavy atom. The lowest BCUT2D eigenvalue weighted by molar-refractivity contribution is 0.171. The van der Waals surface area contributed by atoms with Crippen LogP contribution in [0.4, 0.5) is 0 Å². The first-order valence-electron chi connectivity index (χ1n) is 7.33. The first-order chi connectivity index (χ1) is 10.3. The van der Waals surface area contributed by atoms with Gasteiger partial charge in [-0.25, -0.2) is 0 Å². The largest absolute Gasteiger partial charge is 0.486 e. The molecule has 0 saturated carbocycles. The zero-order valence-electron chi connectivity index (χ0n) is 12.4. The fourth-order valence-corrected chi connectivity index (χ4v) is 2.63. The SMILES string of the molecule is CCNC(c1ccc2c(c1)OCCO2)c1cnccc1C. The second-order valence-electron chi connectivity index (χ2n) is 5.13. The van der Waals surface area contributed by atoms with Crippen LogP contribution in [0.1, 0.15) is 29.7 Å². The number of nitrogens with one attached hydrogen (secondary N) is 1. The molecule has 1 unspecified atom stereocenters. The van der Waals surface area contributed by atoms with Crippen molar-refractivity contribution in [3.63, 3.8) is 0 Å². The number of aromatic nitrogens is 1. The Hall–Kier alpha value is -2.07. The van der Waals surface area contributed by atoms with Crippen LogP contribution in [0.5, 0.6) is 11.5 Å². The highest BCUT2D eigenvalue weighted by molar-refractivity contribution is 5.47. The molecule has 21 heavy (non-hydrogen) atoms. The molecule has 0 radical (unpaired) electrons. The van der Waals surface area contributed by atoms with E-state index in [1.54, 1.807) is 0 Å². The van der Waals surface area contributed by atoms with Crippen molar-refractivity contribution in [1.29, 1.82) is 0 Å². The summed E-state index contributed by atoms with van der Waals surface area (Å²) in [5.41, 5.74) is 3.58. The highest BCUT2D eigenvalue weighted by Gasteiger charge is 2.19. The summed E-state index contributed by atoms with van der Waals surface area (Å²) in [6, 6.07) is 8.29. The maximum Gasteiger partial charge on any atom is 0.161 e. The van der Waals surface area contributed by atoms with E-state index in [2.05, 4.69) is 36.3 Å². The summed E-state index contributed by atoms with van der Waals surface area (Å²) in [4.78, 5) is 4.27. The first-order valence-corrected chi connectivity index (χ1v) is 7.33. The second-order valence-corrected chi connectivity index (χ2v) is 5.13. The van der Waals surface area contributed by atoms with Crippen molar-refractivity contribution < 1.29 is 9.47 Å². The van der Waals surface area contributed by atoms with Crippen molar-refractivity contribution in [3.05, 3.63) is 53.3 Å². The standard InChI is InChI=1S/C17H20N2O2/c1-3-19-17(14-11-18-7-6-12(14)2)13-4-5-15-16(10-13)21-9-8-20-15/h4-7,10-11,17,19H,3,8-9H2,1-2H3. The Labute approximate surface area is 125 Å². The maximum absolute atomic E-state index is 5.69. The van der Waals surface area contributed by atoms with Crippen LogP contribution in [0.15, 0.2) is 36.7 Å². The molecule has 4 nitrogen and oxygen atoms in total. The van der Waals surface area contributed by atoms with Gasteiger partial charge >= 0.3 is 0 Å². The van der Waals surface area contributed by atoms with Gasteiger partial charge < -0.3 is 14.8 Å². The summed E-state index contributed by atoms with van der Waals surface area (Å²) < 4.78 is 11.3. The maximum atomic E-state index is 5.69. The fraction of sp³-hybridized carbons (Fsp3) is 0.353. The highest BCUT2D eigenvalue weighted by Crippen LogP contribution is 2.34. The minimum atomic E-state index is 0.111. The molecule has 0 saturated heterocycles. The Kier molecular flexibility index (Phi) is 4.06. The van der Waals surface area contributed by atoms with Gasteiger partial charge in [0.15, 0.2) is 11.5 Å². The molecule has 1 aromatic heterocycles. The molecule has 110 valence electrons. The fourth-order valence-electron chi connectivity index (χ4n) is 2.63. The number of ether oxygens (including phenoxy) is 2. The number of benzene rings is 1. The van der Waals surface area contributed by atoms with Crippen molar-refractivity contribution in [2.45, 2.75) is 19.9 Å². The predicted molar refractivity (Wildman–Crippen MR) is 81.9 cm³/mol. The third-order valence-corrected chi connectivity index (χ3v) is 3.70. The number of nitrogens with zero attached hydrogens (tertiary/aromatic N) is 1. The summed E-state index contributed by atoms with van der Waals surface area (Å²) in [6.07, 6.45) is 3.76. The van der Waals surface area contributed by atoms with Gasteiger partial charge in [0.2, 0.25) is 0 Å². The topological polar surface area (TPSA) is 43.4 Å². The Morgan fingerprint density at radius 1 is 1.19 bits per heavy atom. The number of aryl methyl sites for hydroxylation is 1. The van der Waals surface area contributed by atoms with Gasteiger partial charge in [-0.15, -0.1) is 0 Å². The summed E-state index contributed by atoms with van der Waals surface area (Å²) in [5.74, 6) is 1.64. The molecular weight excluding hydrogens is 264 g/mol. The number of hydrogen-bond donors (Lipinski definition) is 1. The average molecular weight is 284 g/mol. The average Bonchev–Trinajstić information content (AvgIpc) is 2.53. The summed E-state index contributed by atoms with van der Waals surface area (Å²) in [6.45, 7) is 6.32. The number of rotatable bonds is 4. The van der Waals surface area contributed by atoms with Crippen LogP contribution in [0, 0.1) is 6.92 Å². The zero-order valence-corrected chi connectivity index (χ0v) is 12.4. The van der Waals surface area contributed by atoms with Gasteiger partial charge in [-0.05, 0) is 48.4 Å². The van der Waals surface area contributed by atoms with E-state index in [0.717, 1.165) is 23.6 Å². The molecule has 0 amide bonds. The van der Waals surface area contributed by atoms with Gasteiger partial charge in [-0.2, -0.15) is 0 Å². The van der Waals surface area contributed by atoms with Crippen LogP contribution in [0.2, 0.25) is 0 Å². The molecule has 4 heteroatoms. The number of fused-ring (bicyclic) bond motifs is 1. The molecule has 1 aromatic carbocycles. The van der Waals surface area contributed by atoms with E-state index in [4.69, 9.17) is 9.47 Å². The molecule has 0 aliphatic carbocycles. The van der Waals surface area contributed by atoms with Gasteiger partial charge in [0.1, 0.15) is 13.2 Å². The lowest BCUT2D eigenvalue weighted by atomic mass is 9.96. The van der Waals surface area contributed by atoms with E-state index in [-0.39, 0.29) is 6.04 Å². The van der Waals surface area contributed by atoms with Gasteiger partial charge in [-0.3, -0.25) is 4.98 Å². The van der Waals surface area contributed by atoms with Crippen molar-refractivity contribution in [2.75, 3.05) is 19.8 Å². The van der Waals surface area contributed by atoms with Gasteiger partial charge in [0, 0.05) is 12.4 Å². The number of pyridine rings is 1. The summed E-state index contributed by atoms with van der Waals surface area (Å²) in [7, 11) is 0. The van der Waals surface area contributed by atoms with E-state index in [1.807, 2.05) is 24.5 Å². The van der Waals surface area contributed by atoms with E-state index in [0.29, 0.717) is 13.2 Å². The second kappa shape index (κ2) is 6.14. The van der Waals surface area contributed by atoms with Crippen LogP contribution in [-0.4, -0.2) is 24.7 Å². The van der Waals surface area contributed by atoms with E-state index in [9.17, 15) is 0 Å². The van der Waals surface area contributed by atoms with Gasteiger partial charge in [0.05, 0.1) is 6.04 Å². The monoisotopic (exact) mass is 284 g/mol. The molecule has 1 aliphatic rings. The Balaban J connectivity index is 1.99. The van der Waals surface area contributed by atoms with Crippen molar-refractivity contribution >= 4 is 0 Å². The smallest absolute Gasteiger partial charge is 0.161 e. The minimum absolute atomic E-state index is 0.111. The molecule has 0 fully saturated rings. The molecule has 1 atom stereocenters. The van der Waals surface area contributed by atoms with Crippen LogP contribution < -0.4 is 14.8 Å². The van der Waals surface area contributed by atoms with Gasteiger partial charge in [-0.1, -0.05) is 13.0 Å². The highest BCUT2D eigenvalue weighted by atomic mass is 16.6. The van der Waals surface area contributed by atoms with E-state index in [1.165, 1.54) is 11.1 Å². The molecule has 3 rings (SSSR count). The molecule has 1 N–H and O–H groups in total. The van der Waals surface area contributed by atoms with Crippen molar-refractivity contribution in [3.8, 4) is 11.5 Å². The normalized spacial score (nSPS) is 14.8. The van der Waals surface area contributed by atoms with E-state index < -0.39 is 0 Å². The third-order valence-electron chi connectivity index (χ3n) is 3.70. The summed E-state index contributed by atoms with van der Waals surface area (Å²) >= 11 is 0. The Morgan fingerprint density at radius 2 is 2.00 bits per heavy atom. The molecule has 0 spiro atoms. The van der Waals surface area contributed by atoms with E-state index >= 15 is 0 Å². The molecular formula is C17H20N2O2. The van der Waals surface area contributed by atoms with Gasteiger partial charge in [0.25, 0.3) is 0 Å². The minimum Gasteiger partial charge on any atom is -0.486 e. The van der Waals surface area contributed by atoms with Crippen LogP contribution >= 0.6 is 0 Å². The number of hydrogen-bond acceptors (Lipinski definition) is 4. The third kappa shape index (κ3) is 2.85. The summed E-state index contributed by atoms with van der Waals surface area (Å²) in [5, 5.41) is 3.53. The van der Waals surface area contributed by atoms with Crippen molar-refractivity contribution in [1.82, 2.24) is 10.3 Å². The first kappa shape index (κ1) is 13.9. The quantitative estimate of drug-likeness (QED) is 0.937.